The molecular weight excluding hydrogens is 281 g/mol. The first-order chi connectivity index (χ1) is 5.99. The molecule has 13 heavy (non-hydrogen) atoms. The first-order valence-electron chi connectivity index (χ1n) is 4.46. The minimum atomic E-state index is -0.356. The van der Waals surface area contributed by atoms with Gasteiger partial charge in [0.15, 0.2) is 5.78 Å². The van der Waals surface area contributed by atoms with Gasteiger partial charge in [0.2, 0.25) is 5.91 Å². The molecule has 0 rings (SSSR count). The smallest absolute Gasteiger partial charge is 0.220 e. The van der Waals surface area contributed by atoms with E-state index in [-0.39, 0.29) is 21.7 Å². The van der Waals surface area contributed by atoms with Crippen LogP contribution in [0, 0.1) is 0 Å². The van der Waals surface area contributed by atoms with Crippen LogP contribution >= 0.6 is 22.6 Å². The van der Waals surface area contributed by atoms with Gasteiger partial charge < -0.3 is 5.32 Å². The van der Waals surface area contributed by atoms with E-state index < -0.39 is 0 Å². The van der Waals surface area contributed by atoms with Gasteiger partial charge in [-0.15, -0.1) is 0 Å². The van der Waals surface area contributed by atoms with Crippen molar-refractivity contribution < 1.29 is 9.59 Å². The van der Waals surface area contributed by atoms with Crippen molar-refractivity contribution in [3.63, 3.8) is 0 Å². The summed E-state index contributed by atoms with van der Waals surface area (Å²) in [5.74, 6) is 0.0328. The maximum Gasteiger partial charge on any atom is 0.220 e. The number of ketones is 1. The van der Waals surface area contributed by atoms with E-state index in [1.807, 2.05) is 13.8 Å². The summed E-state index contributed by atoms with van der Waals surface area (Å²) < 4.78 is -0.0467. The van der Waals surface area contributed by atoms with Crippen LogP contribution in [-0.2, 0) is 9.59 Å². The summed E-state index contributed by atoms with van der Waals surface area (Å²) in [6.45, 7) is 5.49. The Labute approximate surface area is 92.8 Å². The van der Waals surface area contributed by atoms with Crippen molar-refractivity contribution in [3.05, 3.63) is 0 Å². The molecule has 3 nitrogen and oxygen atoms in total. The minimum absolute atomic E-state index is 0.0413. The predicted molar refractivity (Wildman–Crippen MR) is 61.0 cm³/mol. The number of carbonyl (C=O) groups excluding carboxylic acids is 2. The van der Waals surface area contributed by atoms with Crippen LogP contribution in [0.3, 0.4) is 0 Å². The molecule has 1 unspecified atom stereocenters. The highest BCUT2D eigenvalue weighted by molar-refractivity contribution is 14.1. The SMILES string of the molecule is CCCC(=O)N[C@@H](C)C(=O)C(C)I. The number of carbonyl (C=O) groups is 2. The van der Waals surface area contributed by atoms with Crippen LogP contribution < -0.4 is 5.32 Å². The molecule has 0 bridgehead atoms. The zero-order chi connectivity index (χ0) is 10.4. The second kappa shape index (κ2) is 6.34. The normalized spacial score (nSPS) is 14.8. The van der Waals surface area contributed by atoms with Crippen molar-refractivity contribution in [3.8, 4) is 0 Å². The fourth-order valence-electron chi connectivity index (χ4n) is 0.956. The molecule has 0 aromatic heterocycles. The Kier molecular flexibility index (Phi) is 6.28. The number of hydrogen-bond acceptors (Lipinski definition) is 2. The van der Waals surface area contributed by atoms with Crippen molar-refractivity contribution in [2.24, 2.45) is 0 Å². The molecule has 0 spiro atoms. The highest BCUT2D eigenvalue weighted by atomic mass is 127. The Bertz CT molecular complexity index is 192. The Morgan fingerprint density at radius 3 is 2.31 bits per heavy atom. The summed E-state index contributed by atoms with van der Waals surface area (Å²) in [4.78, 5) is 22.5. The van der Waals surface area contributed by atoms with E-state index in [9.17, 15) is 9.59 Å². The van der Waals surface area contributed by atoms with Gasteiger partial charge in [-0.25, -0.2) is 0 Å². The van der Waals surface area contributed by atoms with E-state index in [0.29, 0.717) is 6.42 Å². The van der Waals surface area contributed by atoms with Crippen molar-refractivity contribution in [2.45, 2.75) is 43.6 Å². The van der Waals surface area contributed by atoms with E-state index in [0.717, 1.165) is 6.42 Å². The Morgan fingerprint density at radius 1 is 1.38 bits per heavy atom. The van der Waals surface area contributed by atoms with Gasteiger partial charge in [-0.2, -0.15) is 0 Å². The highest BCUT2D eigenvalue weighted by Crippen LogP contribution is 2.03. The lowest BCUT2D eigenvalue weighted by Gasteiger charge is -2.13. The van der Waals surface area contributed by atoms with Crippen molar-refractivity contribution >= 4 is 34.3 Å². The minimum Gasteiger partial charge on any atom is -0.347 e. The molecule has 76 valence electrons. The quantitative estimate of drug-likeness (QED) is 0.620. The van der Waals surface area contributed by atoms with Crippen molar-refractivity contribution in [1.82, 2.24) is 5.32 Å². The Morgan fingerprint density at radius 2 is 1.92 bits per heavy atom. The lowest BCUT2D eigenvalue weighted by atomic mass is 10.1. The highest BCUT2D eigenvalue weighted by Gasteiger charge is 2.18. The zero-order valence-corrected chi connectivity index (χ0v) is 10.4. The molecule has 0 radical (unpaired) electrons. The first kappa shape index (κ1) is 12.9. The molecule has 0 aliphatic carbocycles. The Balaban J connectivity index is 3.92. The molecule has 0 aliphatic rings. The van der Waals surface area contributed by atoms with Crippen LogP contribution in [0.5, 0.6) is 0 Å². The van der Waals surface area contributed by atoms with E-state index in [1.165, 1.54) is 0 Å². The molecule has 0 saturated heterocycles. The first-order valence-corrected chi connectivity index (χ1v) is 5.70. The monoisotopic (exact) mass is 297 g/mol. The number of alkyl halides is 1. The van der Waals surface area contributed by atoms with Gasteiger partial charge >= 0.3 is 0 Å². The molecule has 0 aromatic carbocycles. The van der Waals surface area contributed by atoms with E-state index in [2.05, 4.69) is 27.9 Å². The van der Waals surface area contributed by atoms with Gasteiger partial charge in [-0.05, 0) is 20.3 Å². The number of Topliss-reactive ketones (excluding diaryl/α,β-unsaturated/α-hetero) is 1. The topological polar surface area (TPSA) is 46.2 Å². The molecule has 0 saturated carbocycles. The maximum absolute atomic E-state index is 11.4. The second-order valence-electron chi connectivity index (χ2n) is 3.06. The molecule has 0 aromatic rings. The maximum atomic E-state index is 11.4. The molecule has 1 N–H and O–H groups in total. The summed E-state index contributed by atoms with van der Waals surface area (Å²) >= 11 is 2.05. The van der Waals surface area contributed by atoms with Crippen LogP contribution in [0.2, 0.25) is 0 Å². The summed E-state index contributed by atoms with van der Waals surface area (Å²) in [6, 6.07) is -0.356. The number of amides is 1. The van der Waals surface area contributed by atoms with Crippen LogP contribution in [0.1, 0.15) is 33.6 Å². The fraction of sp³-hybridized carbons (Fsp3) is 0.778. The van der Waals surface area contributed by atoms with E-state index in [1.54, 1.807) is 6.92 Å². The summed E-state index contributed by atoms with van der Waals surface area (Å²) in [7, 11) is 0. The summed E-state index contributed by atoms with van der Waals surface area (Å²) in [5.41, 5.74) is 0. The molecule has 0 fully saturated rings. The lowest BCUT2D eigenvalue weighted by molar-refractivity contribution is -0.126. The molecule has 2 atom stereocenters. The molecular formula is C9H16INO2. The molecule has 4 heteroatoms. The summed E-state index contributed by atoms with van der Waals surface area (Å²) in [6.07, 6.45) is 1.31. The summed E-state index contributed by atoms with van der Waals surface area (Å²) in [5, 5.41) is 2.67. The van der Waals surface area contributed by atoms with Crippen molar-refractivity contribution in [1.29, 1.82) is 0 Å². The zero-order valence-electron chi connectivity index (χ0n) is 8.26. The van der Waals surface area contributed by atoms with Gasteiger partial charge in [0.1, 0.15) is 0 Å². The third-order valence-electron chi connectivity index (χ3n) is 1.67. The van der Waals surface area contributed by atoms with Gasteiger partial charge in [0.25, 0.3) is 0 Å². The van der Waals surface area contributed by atoms with Crippen LogP contribution in [0.4, 0.5) is 0 Å². The second-order valence-corrected chi connectivity index (χ2v) is 4.93. The number of rotatable bonds is 5. The number of halogens is 1. The van der Waals surface area contributed by atoms with Crippen molar-refractivity contribution in [2.75, 3.05) is 0 Å². The number of nitrogens with one attached hydrogen (secondary N) is 1. The van der Waals surface area contributed by atoms with Gasteiger partial charge in [0.05, 0.1) is 9.97 Å². The van der Waals surface area contributed by atoms with E-state index >= 15 is 0 Å². The van der Waals surface area contributed by atoms with Crippen LogP contribution in [-0.4, -0.2) is 21.7 Å². The lowest BCUT2D eigenvalue weighted by Crippen LogP contribution is -2.41. The van der Waals surface area contributed by atoms with Crippen LogP contribution in [0.15, 0.2) is 0 Å². The molecule has 0 heterocycles. The van der Waals surface area contributed by atoms with Gasteiger partial charge in [-0.3, -0.25) is 9.59 Å². The number of hydrogen-bond donors (Lipinski definition) is 1. The van der Waals surface area contributed by atoms with E-state index in [4.69, 9.17) is 0 Å². The predicted octanol–water partition coefficient (Wildman–Crippen LogP) is 1.68. The third kappa shape index (κ3) is 5.23. The van der Waals surface area contributed by atoms with Crippen LogP contribution in [0.25, 0.3) is 0 Å². The average molecular weight is 297 g/mol. The van der Waals surface area contributed by atoms with Gasteiger partial charge in [-0.1, -0.05) is 29.5 Å². The van der Waals surface area contributed by atoms with Gasteiger partial charge in [0, 0.05) is 6.42 Å². The fourth-order valence-corrected chi connectivity index (χ4v) is 1.50. The molecule has 1 amide bonds. The standard InChI is InChI=1S/C9H16INO2/c1-4-5-8(12)11-7(3)9(13)6(2)10/h6-7H,4-5H2,1-3H3,(H,11,12)/t6?,7-/m0/s1. The average Bonchev–Trinajstić information content (AvgIpc) is 2.03. The molecule has 0 aliphatic heterocycles. The third-order valence-corrected chi connectivity index (χ3v) is 2.29. The largest absolute Gasteiger partial charge is 0.347 e. The Hall–Kier alpha value is -0.130.